The number of hydrogen-bond acceptors (Lipinski definition) is 3. The number of carbonyl (C=O) groups excluding carboxylic acids is 1. The molecule has 1 aliphatic heterocycles. The van der Waals surface area contributed by atoms with E-state index in [1.54, 1.807) is 0 Å². The number of rotatable bonds is 0. The summed E-state index contributed by atoms with van der Waals surface area (Å²) in [6.07, 6.45) is 2.18. The third-order valence-corrected chi connectivity index (χ3v) is 3.72. The van der Waals surface area contributed by atoms with Gasteiger partial charge in [-0.1, -0.05) is 0 Å². The fourth-order valence-electron chi connectivity index (χ4n) is 3.21. The van der Waals surface area contributed by atoms with E-state index in [0.29, 0.717) is 24.2 Å². The summed E-state index contributed by atoms with van der Waals surface area (Å²) in [4.78, 5) is 11.1. The molecule has 0 aromatic rings. The number of hydrogen-bond donors (Lipinski definition) is 1. The molecule has 1 heterocycles. The van der Waals surface area contributed by atoms with Crippen molar-refractivity contribution in [3.05, 3.63) is 0 Å². The minimum atomic E-state index is -0.365. The van der Waals surface area contributed by atoms with E-state index in [2.05, 4.69) is 0 Å². The number of fused-ring (bicyclic) bond motifs is 1. The number of carbonyl (C=O) groups is 1. The van der Waals surface area contributed by atoms with Crippen LogP contribution in [0.3, 0.4) is 0 Å². The van der Waals surface area contributed by atoms with E-state index < -0.39 is 0 Å². The average molecular weight is 168 g/mol. The van der Waals surface area contributed by atoms with Gasteiger partial charge in [-0.25, -0.2) is 0 Å². The molecule has 0 aromatic carbocycles. The Kier molecular flexibility index (Phi) is 1.16. The lowest BCUT2D eigenvalue weighted by molar-refractivity contribution is -0.173. The van der Waals surface area contributed by atoms with Crippen LogP contribution in [0.2, 0.25) is 0 Å². The number of aliphatic hydroxyl groups excluding tert-OH is 1. The maximum Gasteiger partial charge on any atom is 0.306 e. The third-order valence-electron chi connectivity index (χ3n) is 3.72. The Morgan fingerprint density at radius 1 is 1.33 bits per heavy atom. The lowest BCUT2D eigenvalue weighted by Gasteiger charge is -2.36. The van der Waals surface area contributed by atoms with Gasteiger partial charge >= 0.3 is 5.97 Å². The Hall–Kier alpha value is -0.570. The molecular formula is C9H12O3. The Bertz CT molecular complexity index is 238. The molecule has 2 bridgehead atoms. The van der Waals surface area contributed by atoms with E-state index in [0.717, 1.165) is 12.8 Å². The maximum absolute atomic E-state index is 11.1. The summed E-state index contributed by atoms with van der Waals surface area (Å²) in [6, 6.07) is 0. The third kappa shape index (κ3) is 0.678. The van der Waals surface area contributed by atoms with E-state index in [4.69, 9.17) is 4.74 Å². The number of aliphatic hydroxyl groups is 1. The van der Waals surface area contributed by atoms with Crippen LogP contribution in [0.1, 0.15) is 19.3 Å². The predicted molar refractivity (Wildman–Crippen MR) is 40.2 cm³/mol. The zero-order chi connectivity index (χ0) is 8.29. The molecule has 0 spiro atoms. The summed E-state index contributed by atoms with van der Waals surface area (Å²) in [7, 11) is 0. The zero-order valence-electron chi connectivity index (χ0n) is 6.77. The van der Waals surface area contributed by atoms with Crippen molar-refractivity contribution < 1.29 is 14.6 Å². The van der Waals surface area contributed by atoms with E-state index in [-0.39, 0.29) is 18.2 Å². The second kappa shape index (κ2) is 2.02. The van der Waals surface area contributed by atoms with Crippen molar-refractivity contribution in [3.8, 4) is 0 Å². The van der Waals surface area contributed by atoms with Crippen LogP contribution in [0, 0.1) is 17.8 Å². The molecule has 2 saturated carbocycles. The van der Waals surface area contributed by atoms with Gasteiger partial charge in [0.05, 0.1) is 6.10 Å². The van der Waals surface area contributed by atoms with Crippen LogP contribution in [0.4, 0.5) is 0 Å². The van der Waals surface area contributed by atoms with Crippen LogP contribution < -0.4 is 0 Å². The highest BCUT2D eigenvalue weighted by molar-refractivity contribution is 5.71. The number of ether oxygens (including phenoxy) is 1. The summed E-state index contributed by atoms with van der Waals surface area (Å²) in [5.74, 6) is 1.30. The molecule has 0 radical (unpaired) electrons. The standard InChI is InChI=1S/C9H12O3/c10-7-3-4-1-5-2-6(4)9(12-7)8(5)11/h4-6,8-9,11H,1-3H2. The summed E-state index contributed by atoms with van der Waals surface area (Å²) in [5.41, 5.74) is 0. The maximum atomic E-state index is 11.1. The minimum Gasteiger partial charge on any atom is -0.459 e. The van der Waals surface area contributed by atoms with Gasteiger partial charge in [0.2, 0.25) is 0 Å². The second-order valence-corrected chi connectivity index (χ2v) is 4.30. The first kappa shape index (κ1) is 6.89. The minimum absolute atomic E-state index is 0.111. The summed E-state index contributed by atoms with van der Waals surface area (Å²) < 4.78 is 5.13. The molecule has 3 heteroatoms. The normalized spacial score (nSPS) is 55.8. The molecule has 66 valence electrons. The Labute approximate surface area is 70.7 Å². The largest absolute Gasteiger partial charge is 0.459 e. The van der Waals surface area contributed by atoms with E-state index >= 15 is 0 Å². The SMILES string of the molecule is O=C1CC2CC3CC2C(O1)C3O. The van der Waals surface area contributed by atoms with Crippen molar-refractivity contribution >= 4 is 5.97 Å². The van der Waals surface area contributed by atoms with Gasteiger partial charge in [-0.15, -0.1) is 0 Å². The molecule has 1 N–H and O–H groups in total. The van der Waals surface area contributed by atoms with Gasteiger partial charge in [-0.3, -0.25) is 4.79 Å². The quantitative estimate of drug-likeness (QED) is 0.530. The summed E-state index contributed by atoms with van der Waals surface area (Å²) in [6.45, 7) is 0. The van der Waals surface area contributed by atoms with Crippen molar-refractivity contribution in [1.29, 1.82) is 0 Å². The van der Waals surface area contributed by atoms with E-state index in [9.17, 15) is 9.90 Å². The van der Waals surface area contributed by atoms with Gasteiger partial charge in [0, 0.05) is 12.3 Å². The van der Waals surface area contributed by atoms with Crippen molar-refractivity contribution in [2.45, 2.75) is 31.5 Å². The molecule has 3 nitrogen and oxygen atoms in total. The average Bonchev–Trinajstić information content (AvgIpc) is 2.53. The molecule has 5 atom stereocenters. The van der Waals surface area contributed by atoms with Gasteiger partial charge in [0.25, 0.3) is 0 Å². The smallest absolute Gasteiger partial charge is 0.306 e. The highest BCUT2D eigenvalue weighted by Gasteiger charge is 2.56. The Morgan fingerprint density at radius 3 is 2.92 bits per heavy atom. The van der Waals surface area contributed by atoms with Crippen LogP contribution >= 0.6 is 0 Å². The first-order valence-corrected chi connectivity index (χ1v) is 4.63. The summed E-state index contributed by atoms with van der Waals surface area (Å²) >= 11 is 0. The highest BCUT2D eigenvalue weighted by Crippen LogP contribution is 2.53. The van der Waals surface area contributed by atoms with Gasteiger partial charge < -0.3 is 9.84 Å². The van der Waals surface area contributed by atoms with Crippen molar-refractivity contribution in [1.82, 2.24) is 0 Å². The predicted octanol–water partition coefficient (Wildman–Crippen LogP) is 0.319. The second-order valence-electron chi connectivity index (χ2n) is 4.30. The fourth-order valence-corrected chi connectivity index (χ4v) is 3.21. The first-order valence-electron chi connectivity index (χ1n) is 4.63. The number of esters is 1. The van der Waals surface area contributed by atoms with Crippen LogP contribution in [0.15, 0.2) is 0 Å². The van der Waals surface area contributed by atoms with Crippen LogP contribution in [0.5, 0.6) is 0 Å². The van der Waals surface area contributed by atoms with Gasteiger partial charge in [-0.2, -0.15) is 0 Å². The van der Waals surface area contributed by atoms with Gasteiger partial charge in [0.15, 0.2) is 0 Å². The Balaban J connectivity index is 1.94. The molecule has 3 rings (SSSR count). The van der Waals surface area contributed by atoms with Crippen LogP contribution in [0.25, 0.3) is 0 Å². The zero-order valence-corrected chi connectivity index (χ0v) is 6.77. The molecule has 1 saturated heterocycles. The molecule has 12 heavy (non-hydrogen) atoms. The molecule has 0 aromatic heterocycles. The van der Waals surface area contributed by atoms with Crippen LogP contribution in [-0.4, -0.2) is 23.3 Å². The van der Waals surface area contributed by atoms with Gasteiger partial charge in [-0.05, 0) is 24.7 Å². The lowest BCUT2D eigenvalue weighted by atomic mass is 9.81. The van der Waals surface area contributed by atoms with Crippen LogP contribution in [-0.2, 0) is 9.53 Å². The molecule has 5 unspecified atom stereocenters. The Morgan fingerprint density at radius 2 is 2.17 bits per heavy atom. The fraction of sp³-hybridized carbons (Fsp3) is 0.889. The molecular weight excluding hydrogens is 156 g/mol. The van der Waals surface area contributed by atoms with Crippen molar-refractivity contribution in [2.24, 2.45) is 17.8 Å². The van der Waals surface area contributed by atoms with Crippen molar-refractivity contribution in [3.63, 3.8) is 0 Å². The molecule has 3 fully saturated rings. The topological polar surface area (TPSA) is 46.5 Å². The van der Waals surface area contributed by atoms with Crippen molar-refractivity contribution in [2.75, 3.05) is 0 Å². The van der Waals surface area contributed by atoms with E-state index in [1.807, 2.05) is 0 Å². The lowest BCUT2D eigenvalue weighted by Crippen LogP contribution is -2.44. The highest BCUT2D eigenvalue weighted by atomic mass is 16.6. The molecule has 3 aliphatic rings. The molecule has 0 amide bonds. The monoisotopic (exact) mass is 168 g/mol. The molecule has 2 aliphatic carbocycles. The van der Waals surface area contributed by atoms with E-state index in [1.165, 1.54) is 0 Å². The first-order chi connectivity index (χ1) is 5.75. The summed E-state index contributed by atoms with van der Waals surface area (Å²) in [5, 5.41) is 9.67. The van der Waals surface area contributed by atoms with Gasteiger partial charge in [0.1, 0.15) is 6.10 Å².